The summed E-state index contributed by atoms with van der Waals surface area (Å²) in [6, 6.07) is 44.5. The Morgan fingerprint density at radius 1 is 0.609 bits per heavy atom. The van der Waals surface area contributed by atoms with Crippen molar-refractivity contribution in [1.29, 1.82) is 0 Å². The van der Waals surface area contributed by atoms with E-state index in [1.165, 1.54) is 44.8 Å². The Labute approximate surface area is 397 Å². The fraction of sp³-hybridized carbons (Fsp3) is 0.345. The van der Waals surface area contributed by atoms with Crippen LogP contribution in [-0.4, -0.2) is 9.55 Å². The van der Waals surface area contributed by atoms with Gasteiger partial charge in [0.25, 0.3) is 0 Å². The molecule has 7 aromatic rings. The van der Waals surface area contributed by atoms with Crippen LogP contribution in [0.15, 0.2) is 121 Å². The zero-order valence-corrected chi connectivity index (χ0v) is 42.6. The Balaban J connectivity index is 0.00000612. The molecule has 5 nitrogen and oxygen atoms in total. The van der Waals surface area contributed by atoms with Gasteiger partial charge in [-0.2, -0.15) is 12.1 Å². The van der Waals surface area contributed by atoms with Gasteiger partial charge in [0.05, 0.1) is 0 Å². The van der Waals surface area contributed by atoms with Gasteiger partial charge in [-0.3, -0.25) is 0 Å². The number of hydrogen-bond acceptors (Lipinski definition) is 4. The standard InChI is InChI=1S/C58H65N4O.Pt/c1-36(2)41-30-49(37(3)4)54(50(31-41)38(5)6)40-19-17-20-43(29-40)60-35-61(56(58(12,13)14)55(60)39(7)8)44-21-18-22-45(33-44)63-46-25-26-48-47-23-15-16-24-51(47)62(52(48)34-46)53-32-42(27-28-59-53)57(9,10)11;/h15-32,35-39H,1-14H3;/q-3;. The van der Waals surface area contributed by atoms with Gasteiger partial charge in [0.1, 0.15) is 5.82 Å². The van der Waals surface area contributed by atoms with Gasteiger partial charge in [-0.05, 0) is 98.2 Å². The van der Waals surface area contributed by atoms with E-state index in [9.17, 15) is 0 Å². The number of hydrogen-bond donors (Lipinski definition) is 0. The number of rotatable bonds is 10. The summed E-state index contributed by atoms with van der Waals surface area (Å²) in [7, 11) is 0. The summed E-state index contributed by atoms with van der Waals surface area (Å²) >= 11 is 0. The van der Waals surface area contributed by atoms with E-state index >= 15 is 0 Å². The Morgan fingerprint density at radius 2 is 1.28 bits per heavy atom. The molecule has 2 aromatic heterocycles. The van der Waals surface area contributed by atoms with Gasteiger partial charge in [-0.15, -0.1) is 48.1 Å². The van der Waals surface area contributed by atoms with Crippen molar-refractivity contribution in [3.8, 4) is 28.4 Å². The maximum absolute atomic E-state index is 6.69. The van der Waals surface area contributed by atoms with Crippen LogP contribution in [0.4, 0.5) is 11.4 Å². The van der Waals surface area contributed by atoms with E-state index < -0.39 is 0 Å². The normalized spacial score (nSPS) is 13.7. The van der Waals surface area contributed by atoms with Crippen molar-refractivity contribution >= 4 is 33.2 Å². The molecule has 0 atom stereocenters. The van der Waals surface area contributed by atoms with Crippen LogP contribution in [0.25, 0.3) is 38.8 Å². The van der Waals surface area contributed by atoms with E-state index in [-0.39, 0.29) is 37.8 Å². The molecule has 0 amide bonds. The zero-order valence-electron chi connectivity index (χ0n) is 40.3. The van der Waals surface area contributed by atoms with Crippen molar-refractivity contribution in [3.63, 3.8) is 0 Å². The number of nitrogens with zero attached hydrogens (tertiary/aromatic N) is 4. The Kier molecular flexibility index (Phi) is 13.2. The molecular weight excluding hydrogens is 964 g/mol. The summed E-state index contributed by atoms with van der Waals surface area (Å²) in [4.78, 5) is 9.60. The monoisotopic (exact) mass is 1030 g/mol. The first kappa shape index (κ1) is 46.9. The minimum absolute atomic E-state index is 0. The van der Waals surface area contributed by atoms with Crippen LogP contribution >= 0.6 is 0 Å². The molecule has 1 aliphatic heterocycles. The van der Waals surface area contributed by atoms with Gasteiger partial charge in [0, 0.05) is 66.8 Å². The van der Waals surface area contributed by atoms with Gasteiger partial charge in [0.15, 0.2) is 0 Å². The predicted octanol–water partition coefficient (Wildman–Crippen LogP) is 16.3. The van der Waals surface area contributed by atoms with E-state index in [1.54, 1.807) is 0 Å². The molecule has 0 aliphatic carbocycles. The Bertz CT molecular complexity index is 2820. The SMILES string of the molecule is CC(C)C1=C(C(C)(C)C)N(c2[c-]c(Oc3[c-]c4c(cc3)c3ccccc3n4-c3cc(C(C)(C)C)ccn3)ccc2)[CH-]N1c1cccc(-c2c(C(C)C)cc(C(C)C)cc2C(C)C)c1.[Pt]. The Morgan fingerprint density at radius 3 is 1.92 bits per heavy atom. The van der Waals surface area contributed by atoms with E-state index in [0.29, 0.717) is 29.3 Å². The van der Waals surface area contributed by atoms with Gasteiger partial charge in [-0.25, -0.2) is 4.98 Å². The predicted molar refractivity (Wildman–Crippen MR) is 266 cm³/mol. The fourth-order valence-corrected chi connectivity index (χ4v) is 9.19. The van der Waals surface area contributed by atoms with E-state index in [2.05, 4.69) is 221 Å². The maximum atomic E-state index is 6.69. The average Bonchev–Trinajstić information content (AvgIpc) is 3.81. The van der Waals surface area contributed by atoms with Crippen molar-refractivity contribution < 1.29 is 25.8 Å². The van der Waals surface area contributed by atoms with Crippen LogP contribution in [0.5, 0.6) is 11.5 Å². The molecule has 6 heteroatoms. The number of anilines is 2. The molecule has 0 N–H and O–H groups in total. The number of aromatic nitrogens is 2. The third kappa shape index (κ3) is 8.95. The first-order chi connectivity index (χ1) is 29.8. The van der Waals surface area contributed by atoms with Crippen LogP contribution in [0.2, 0.25) is 0 Å². The summed E-state index contributed by atoms with van der Waals surface area (Å²) in [5.41, 5.74) is 14.5. The summed E-state index contributed by atoms with van der Waals surface area (Å²) in [5, 5.41) is 2.25. The minimum Gasteiger partial charge on any atom is -0.509 e. The molecule has 0 saturated heterocycles. The largest absolute Gasteiger partial charge is 0.509 e. The van der Waals surface area contributed by atoms with Crippen molar-refractivity contribution in [2.45, 2.75) is 120 Å². The molecule has 0 unspecified atom stereocenters. The van der Waals surface area contributed by atoms with Gasteiger partial charge in [-0.1, -0.05) is 145 Å². The first-order valence-electron chi connectivity index (χ1n) is 22.9. The van der Waals surface area contributed by atoms with Crippen LogP contribution in [-0.2, 0) is 26.5 Å². The van der Waals surface area contributed by atoms with Crippen LogP contribution in [0.1, 0.15) is 137 Å². The summed E-state index contributed by atoms with van der Waals surface area (Å²) in [6.07, 6.45) is 1.91. The van der Waals surface area contributed by atoms with Gasteiger partial charge < -0.3 is 19.1 Å². The molecule has 336 valence electrons. The van der Waals surface area contributed by atoms with E-state index in [0.717, 1.165) is 39.0 Å². The third-order valence-corrected chi connectivity index (χ3v) is 12.4. The van der Waals surface area contributed by atoms with Gasteiger partial charge in [0.2, 0.25) is 0 Å². The summed E-state index contributed by atoms with van der Waals surface area (Å²) in [6.45, 7) is 34.4. The smallest absolute Gasteiger partial charge is 0.135 e. The van der Waals surface area contributed by atoms with Crippen molar-refractivity contribution in [1.82, 2.24) is 9.55 Å². The van der Waals surface area contributed by atoms with E-state index in [4.69, 9.17) is 9.72 Å². The molecule has 0 fully saturated rings. The van der Waals surface area contributed by atoms with Crippen LogP contribution in [0.3, 0.4) is 0 Å². The number of para-hydroxylation sites is 1. The van der Waals surface area contributed by atoms with Crippen LogP contribution in [0, 0.1) is 30.1 Å². The summed E-state index contributed by atoms with van der Waals surface area (Å²) in [5.74, 6) is 3.61. The number of ether oxygens (including phenoxy) is 1. The number of allylic oxidation sites excluding steroid dienone is 2. The van der Waals surface area contributed by atoms with Gasteiger partial charge >= 0.3 is 0 Å². The zero-order chi connectivity index (χ0) is 45.1. The molecule has 0 radical (unpaired) electrons. The summed E-state index contributed by atoms with van der Waals surface area (Å²) < 4.78 is 8.90. The number of pyridine rings is 1. The van der Waals surface area contributed by atoms with Crippen molar-refractivity contribution in [2.75, 3.05) is 9.80 Å². The molecule has 0 saturated carbocycles. The topological polar surface area (TPSA) is 33.5 Å². The molecular formula is C58H65N4OPt-3. The number of benzene rings is 5. The average molecular weight is 1030 g/mol. The second-order valence-electron chi connectivity index (χ2n) is 20.7. The minimum atomic E-state index is -0.181. The second-order valence-corrected chi connectivity index (χ2v) is 20.7. The molecule has 0 spiro atoms. The molecule has 64 heavy (non-hydrogen) atoms. The van der Waals surface area contributed by atoms with E-state index in [1.807, 2.05) is 18.3 Å². The first-order valence-corrected chi connectivity index (χ1v) is 22.9. The van der Waals surface area contributed by atoms with Crippen molar-refractivity contribution in [3.05, 3.63) is 162 Å². The molecule has 8 rings (SSSR count). The second kappa shape index (κ2) is 18.0. The molecule has 3 heterocycles. The van der Waals surface area contributed by atoms with Crippen molar-refractivity contribution in [2.24, 2.45) is 11.3 Å². The molecule has 0 bridgehead atoms. The quantitative estimate of drug-likeness (QED) is 0.128. The molecule has 1 aliphatic rings. The van der Waals surface area contributed by atoms with Crippen LogP contribution < -0.4 is 14.5 Å². The molecule has 5 aromatic carbocycles. The third-order valence-electron chi connectivity index (χ3n) is 12.4. The fourth-order valence-electron chi connectivity index (χ4n) is 9.19. The maximum Gasteiger partial charge on any atom is 0.135 e. The number of fused-ring (bicyclic) bond motifs is 3. The Hall–Kier alpha value is -5.12.